The smallest absolute Gasteiger partial charge is 0.372 e. The van der Waals surface area contributed by atoms with Crippen molar-refractivity contribution in [3.63, 3.8) is 0 Å². The molecular weight excluding hydrogens is 477 g/mol. The predicted molar refractivity (Wildman–Crippen MR) is 128 cm³/mol. The van der Waals surface area contributed by atoms with Gasteiger partial charge in [0.25, 0.3) is 0 Å². The summed E-state index contributed by atoms with van der Waals surface area (Å²) in [7, 11) is 0. The second-order valence-corrected chi connectivity index (χ2v) is 10.1. The van der Waals surface area contributed by atoms with Gasteiger partial charge in [-0.1, -0.05) is 13.8 Å². The molecule has 36 heavy (non-hydrogen) atoms. The molecule has 2 fully saturated rings. The maximum atomic E-state index is 13.0. The molecule has 2 aliphatic heterocycles. The Labute approximate surface area is 209 Å². The Balaban J connectivity index is 1.52. The number of amides is 3. The zero-order valence-electron chi connectivity index (χ0n) is 21.0. The summed E-state index contributed by atoms with van der Waals surface area (Å²) in [5.41, 5.74) is -0.934. The lowest BCUT2D eigenvalue weighted by molar-refractivity contribution is -0.153. The lowest BCUT2D eigenvalue weighted by atomic mass is 9.88. The number of carbonyl (C=O) groups is 3. The van der Waals surface area contributed by atoms with Crippen molar-refractivity contribution in [2.24, 2.45) is 5.92 Å². The van der Waals surface area contributed by atoms with E-state index in [4.69, 9.17) is 4.74 Å². The molecule has 2 saturated heterocycles. The summed E-state index contributed by atoms with van der Waals surface area (Å²) in [4.78, 5) is 40.9. The van der Waals surface area contributed by atoms with Crippen molar-refractivity contribution >= 4 is 23.4 Å². The number of likely N-dealkylation sites (tertiary alicyclic amines) is 1. The van der Waals surface area contributed by atoms with Crippen LogP contribution in [0.25, 0.3) is 0 Å². The summed E-state index contributed by atoms with van der Waals surface area (Å²) in [5.74, 6) is -0.377. The van der Waals surface area contributed by atoms with E-state index in [0.717, 1.165) is 12.1 Å². The number of halogens is 3. The highest BCUT2D eigenvalue weighted by atomic mass is 19.4. The second-order valence-electron chi connectivity index (χ2n) is 10.1. The minimum atomic E-state index is -4.43. The average Bonchev–Trinajstić information content (AvgIpc) is 2.78. The summed E-state index contributed by atoms with van der Waals surface area (Å²) >= 11 is 0. The molecule has 200 valence electrons. The first-order valence-electron chi connectivity index (χ1n) is 12.3. The molecule has 3 rings (SSSR count). The van der Waals surface area contributed by atoms with E-state index < -0.39 is 23.4 Å². The Morgan fingerprint density at radius 2 is 1.72 bits per heavy atom. The van der Waals surface area contributed by atoms with Gasteiger partial charge in [-0.05, 0) is 49.4 Å². The minimum absolute atomic E-state index is 0.0858. The number of nitrogens with zero attached hydrogens (tertiary/aromatic N) is 2. The second kappa shape index (κ2) is 11.6. The van der Waals surface area contributed by atoms with Crippen LogP contribution in [0.4, 0.5) is 18.9 Å². The maximum absolute atomic E-state index is 13.0. The molecule has 2 N–H and O–H groups in total. The molecule has 1 aromatic rings. The zero-order chi connectivity index (χ0) is 26.5. The highest BCUT2D eigenvalue weighted by Crippen LogP contribution is 2.31. The zero-order valence-corrected chi connectivity index (χ0v) is 21.0. The Morgan fingerprint density at radius 3 is 2.28 bits per heavy atom. The number of anilines is 1. The van der Waals surface area contributed by atoms with Crippen LogP contribution in [0, 0.1) is 5.92 Å². The van der Waals surface area contributed by atoms with Crippen molar-refractivity contribution in [1.29, 1.82) is 0 Å². The third kappa shape index (κ3) is 7.67. The van der Waals surface area contributed by atoms with Gasteiger partial charge in [0, 0.05) is 38.8 Å². The number of carbonyl (C=O) groups excluding carboxylic acids is 3. The number of rotatable bonds is 7. The van der Waals surface area contributed by atoms with E-state index in [1.54, 1.807) is 4.90 Å². The average molecular weight is 513 g/mol. The summed E-state index contributed by atoms with van der Waals surface area (Å²) in [6.45, 7) is 8.04. The summed E-state index contributed by atoms with van der Waals surface area (Å²) in [5, 5.41) is 5.42. The Morgan fingerprint density at radius 1 is 1.08 bits per heavy atom. The van der Waals surface area contributed by atoms with E-state index in [2.05, 4.69) is 10.6 Å². The molecule has 0 radical (unpaired) electrons. The van der Waals surface area contributed by atoms with Gasteiger partial charge in [-0.25, -0.2) is 0 Å². The molecule has 11 heteroatoms. The van der Waals surface area contributed by atoms with E-state index in [1.165, 1.54) is 19.1 Å². The van der Waals surface area contributed by atoms with Gasteiger partial charge in [0.15, 0.2) is 0 Å². The van der Waals surface area contributed by atoms with E-state index in [9.17, 15) is 27.6 Å². The van der Waals surface area contributed by atoms with Crippen LogP contribution in [0.15, 0.2) is 24.3 Å². The van der Waals surface area contributed by atoms with Gasteiger partial charge in [-0.3, -0.25) is 19.3 Å². The third-order valence-electron chi connectivity index (χ3n) is 6.56. The molecule has 0 saturated carbocycles. The number of piperidine rings is 1. The number of nitrogens with one attached hydrogen (secondary N) is 2. The molecule has 2 heterocycles. The van der Waals surface area contributed by atoms with Crippen LogP contribution in [0.3, 0.4) is 0 Å². The lowest BCUT2D eigenvalue weighted by Gasteiger charge is -2.47. The Hall–Kier alpha value is -2.66. The van der Waals surface area contributed by atoms with Gasteiger partial charge in [-0.2, -0.15) is 13.2 Å². The van der Waals surface area contributed by atoms with E-state index in [-0.39, 0.29) is 30.2 Å². The number of hydrogen-bond donors (Lipinski definition) is 2. The van der Waals surface area contributed by atoms with Crippen molar-refractivity contribution in [1.82, 2.24) is 15.1 Å². The molecule has 3 amide bonds. The van der Waals surface area contributed by atoms with Crippen molar-refractivity contribution in [3.8, 4) is 0 Å². The topological polar surface area (TPSA) is 91.0 Å². The molecule has 8 nitrogen and oxygen atoms in total. The number of benzene rings is 1. The molecule has 2 aliphatic rings. The Kier molecular flexibility index (Phi) is 8.99. The van der Waals surface area contributed by atoms with E-state index in [0.29, 0.717) is 57.7 Å². The van der Waals surface area contributed by atoms with Gasteiger partial charge in [0.05, 0.1) is 24.3 Å². The molecule has 0 bridgehead atoms. The first kappa shape index (κ1) is 27.9. The summed E-state index contributed by atoms with van der Waals surface area (Å²) in [6.07, 6.45) is -2.63. The highest BCUT2D eigenvalue weighted by molar-refractivity contribution is 5.92. The van der Waals surface area contributed by atoms with Crippen LogP contribution in [0.1, 0.15) is 45.6 Å². The standard InChI is InChI=1S/C25H35F3N4O4/c1-17(2)14-21(29-18(3)33)23(35)32-10-8-24(9-11-32)16-31(12-13-36-24)15-22(34)30-20-6-4-19(5-7-20)25(26,27)28/h4-7,17,21H,8-16H2,1-3H3,(H,29,33)(H,30,34). The van der Waals surface area contributed by atoms with Gasteiger partial charge in [0.2, 0.25) is 17.7 Å². The van der Waals surface area contributed by atoms with Crippen LogP contribution in [0.5, 0.6) is 0 Å². The molecule has 0 aromatic heterocycles. The fraction of sp³-hybridized carbons (Fsp3) is 0.640. The van der Waals surface area contributed by atoms with Crippen LogP contribution in [0.2, 0.25) is 0 Å². The molecule has 0 aliphatic carbocycles. The first-order valence-corrected chi connectivity index (χ1v) is 12.3. The van der Waals surface area contributed by atoms with Crippen molar-refractivity contribution in [2.75, 3.05) is 44.6 Å². The normalized spacial score (nSPS) is 19.2. The molecule has 1 aromatic carbocycles. The summed E-state index contributed by atoms with van der Waals surface area (Å²) in [6, 6.07) is 3.80. The maximum Gasteiger partial charge on any atom is 0.416 e. The van der Waals surface area contributed by atoms with Crippen LogP contribution in [-0.2, 0) is 25.3 Å². The number of alkyl halides is 3. The van der Waals surface area contributed by atoms with E-state index >= 15 is 0 Å². The van der Waals surface area contributed by atoms with Crippen LogP contribution >= 0.6 is 0 Å². The van der Waals surface area contributed by atoms with Crippen molar-refractivity contribution < 1.29 is 32.3 Å². The van der Waals surface area contributed by atoms with Gasteiger partial charge < -0.3 is 20.3 Å². The lowest BCUT2D eigenvalue weighted by Crippen LogP contribution is -2.60. The summed E-state index contributed by atoms with van der Waals surface area (Å²) < 4.78 is 44.3. The number of ether oxygens (including phenoxy) is 1. The fourth-order valence-corrected chi connectivity index (χ4v) is 4.80. The van der Waals surface area contributed by atoms with Gasteiger partial charge >= 0.3 is 6.18 Å². The van der Waals surface area contributed by atoms with Crippen LogP contribution < -0.4 is 10.6 Å². The number of hydrogen-bond acceptors (Lipinski definition) is 5. The van der Waals surface area contributed by atoms with Gasteiger partial charge in [0.1, 0.15) is 6.04 Å². The number of morpholine rings is 1. The largest absolute Gasteiger partial charge is 0.416 e. The van der Waals surface area contributed by atoms with Gasteiger partial charge in [-0.15, -0.1) is 0 Å². The van der Waals surface area contributed by atoms with E-state index in [1.807, 2.05) is 18.7 Å². The molecule has 1 atom stereocenters. The fourth-order valence-electron chi connectivity index (χ4n) is 4.80. The van der Waals surface area contributed by atoms with Crippen molar-refractivity contribution in [3.05, 3.63) is 29.8 Å². The quantitative estimate of drug-likeness (QED) is 0.587. The third-order valence-corrected chi connectivity index (χ3v) is 6.56. The predicted octanol–water partition coefficient (Wildman–Crippen LogP) is 2.89. The SMILES string of the molecule is CC(=O)NC(CC(C)C)C(=O)N1CCC2(CC1)CN(CC(=O)Nc1ccc(C(F)(F)F)cc1)CCO2. The molecule has 1 spiro atoms. The van der Waals surface area contributed by atoms with Crippen molar-refractivity contribution in [2.45, 2.75) is 57.9 Å². The monoisotopic (exact) mass is 512 g/mol. The Bertz CT molecular complexity index is 928. The highest BCUT2D eigenvalue weighted by Gasteiger charge is 2.42. The van der Waals surface area contributed by atoms with Crippen LogP contribution in [-0.4, -0.2) is 78.5 Å². The minimum Gasteiger partial charge on any atom is -0.372 e. The molecular formula is C25H35F3N4O4. The first-order chi connectivity index (χ1) is 16.9. The molecule has 1 unspecified atom stereocenters.